The van der Waals surface area contributed by atoms with Crippen LogP contribution in [0.15, 0.2) is 42.5 Å². The van der Waals surface area contributed by atoms with E-state index in [0.717, 1.165) is 24.5 Å². The lowest BCUT2D eigenvalue weighted by atomic mass is 10.3. The molecule has 0 bridgehead atoms. The van der Waals surface area contributed by atoms with E-state index in [-0.39, 0.29) is 5.69 Å². The van der Waals surface area contributed by atoms with Gasteiger partial charge in [-0.25, -0.2) is 21.6 Å². The second-order valence-electron chi connectivity index (χ2n) is 4.92. The first-order valence-electron chi connectivity index (χ1n) is 6.65. The SMILES string of the molecule is CS(=O)(=O)N(CC(=O)Nc1cccc(F)c1)c1ccc(F)cc1F. The maximum absolute atomic E-state index is 13.8. The Kier molecular flexibility index (Phi) is 5.13. The largest absolute Gasteiger partial charge is 0.324 e. The topological polar surface area (TPSA) is 66.5 Å². The van der Waals surface area contributed by atoms with Crippen LogP contribution in [-0.4, -0.2) is 27.1 Å². The summed E-state index contributed by atoms with van der Waals surface area (Å²) in [6, 6.07) is 7.29. The summed E-state index contributed by atoms with van der Waals surface area (Å²) in [5.41, 5.74) is -0.346. The third-order valence-corrected chi connectivity index (χ3v) is 4.10. The number of amides is 1. The van der Waals surface area contributed by atoms with Crippen molar-refractivity contribution in [3.05, 3.63) is 59.9 Å². The van der Waals surface area contributed by atoms with Gasteiger partial charge in [0.1, 0.15) is 24.0 Å². The number of sulfonamides is 1. The Bertz CT molecular complexity index is 872. The fourth-order valence-corrected chi connectivity index (χ4v) is 2.82. The number of halogens is 3. The van der Waals surface area contributed by atoms with Crippen LogP contribution in [0.4, 0.5) is 24.5 Å². The van der Waals surface area contributed by atoms with E-state index in [4.69, 9.17) is 0 Å². The van der Waals surface area contributed by atoms with E-state index in [2.05, 4.69) is 5.32 Å². The van der Waals surface area contributed by atoms with Crippen LogP contribution in [0.1, 0.15) is 0 Å². The molecule has 0 heterocycles. The van der Waals surface area contributed by atoms with Gasteiger partial charge in [0.2, 0.25) is 15.9 Å². The van der Waals surface area contributed by atoms with Crippen molar-refractivity contribution in [1.29, 1.82) is 0 Å². The van der Waals surface area contributed by atoms with Crippen LogP contribution < -0.4 is 9.62 Å². The molecule has 9 heteroatoms. The van der Waals surface area contributed by atoms with Gasteiger partial charge in [0.15, 0.2) is 0 Å². The third-order valence-electron chi connectivity index (χ3n) is 2.97. The lowest BCUT2D eigenvalue weighted by Crippen LogP contribution is -2.38. The quantitative estimate of drug-likeness (QED) is 0.893. The fourth-order valence-electron chi connectivity index (χ4n) is 1.96. The normalized spacial score (nSPS) is 11.2. The first-order valence-corrected chi connectivity index (χ1v) is 8.50. The van der Waals surface area contributed by atoms with Gasteiger partial charge in [-0.15, -0.1) is 0 Å². The first kappa shape index (κ1) is 17.8. The van der Waals surface area contributed by atoms with Crippen LogP contribution in [0.2, 0.25) is 0 Å². The first-order chi connectivity index (χ1) is 11.2. The molecule has 1 amide bonds. The Morgan fingerprint density at radius 1 is 1.08 bits per heavy atom. The predicted molar refractivity (Wildman–Crippen MR) is 83.6 cm³/mol. The molecule has 0 spiro atoms. The maximum atomic E-state index is 13.8. The summed E-state index contributed by atoms with van der Waals surface area (Å²) in [7, 11) is -4.01. The molecule has 0 unspecified atom stereocenters. The lowest BCUT2D eigenvalue weighted by molar-refractivity contribution is -0.114. The van der Waals surface area contributed by atoms with Gasteiger partial charge in [-0.3, -0.25) is 9.10 Å². The maximum Gasteiger partial charge on any atom is 0.245 e. The Hall–Kier alpha value is -2.55. The van der Waals surface area contributed by atoms with Gasteiger partial charge in [0.25, 0.3) is 0 Å². The van der Waals surface area contributed by atoms with Crippen LogP contribution in [0, 0.1) is 17.5 Å². The van der Waals surface area contributed by atoms with Crippen molar-refractivity contribution in [2.45, 2.75) is 0 Å². The van der Waals surface area contributed by atoms with Crippen LogP contribution >= 0.6 is 0 Å². The zero-order valence-electron chi connectivity index (χ0n) is 12.5. The predicted octanol–water partition coefficient (Wildman–Crippen LogP) is 2.51. The molecule has 0 aromatic heterocycles. The Labute approximate surface area is 136 Å². The van der Waals surface area contributed by atoms with Crippen molar-refractivity contribution in [2.75, 3.05) is 22.4 Å². The highest BCUT2D eigenvalue weighted by Crippen LogP contribution is 2.22. The summed E-state index contributed by atoms with van der Waals surface area (Å²) >= 11 is 0. The molecule has 0 fully saturated rings. The molecule has 2 aromatic carbocycles. The van der Waals surface area contributed by atoms with Crippen molar-refractivity contribution < 1.29 is 26.4 Å². The van der Waals surface area contributed by atoms with Gasteiger partial charge in [-0.05, 0) is 30.3 Å². The summed E-state index contributed by atoms with van der Waals surface area (Å²) in [6.45, 7) is -0.752. The number of nitrogens with zero attached hydrogens (tertiary/aromatic N) is 1. The molecular weight excluding hydrogens is 345 g/mol. The van der Waals surface area contributed by atoms with Gasteiger partial charge < -0.3 is 5.32 Å². The highest BCUT2D eigenvalue weighted by molar-refractivity contribution is 7.92. The summed E-state index contributed by atoms with van der Waals surface area (Å²) < 4.78 is 64.1. The molecule has 2 aromatic rings. The second-order valence-corrected chi connectivity index (χ2v) is 6.83. The molecule has 0 aliphatic rings. The number of benzene rings is 2. The fraction of sp³-hybridized carbons (Fsp3) is 0.133. The minimum Gasteiger partial charge on any atom is -0.324 e. The van der Waals surface area contributed by atoms with E-state index >= 15 is 0 Å². The van der Waals surface area contributed by atoms with Crippen LogP contribution in [0.3, 0.4) is 0 Å². The lowest BCUT2D eigenvalue weighted by Gasteiger charge is -2.22. The average Bonchev–Trinajstić information content (AvgIpc) is 2.44. The van der Waals surface area contributed by atoms with Crippen LogP contribution in [0.5, 0.6) is 0 Å². The van der Waals surface area contributed by atoms with E-state index in [1.807, 2.05) is 0 Å². The minimum absolute atomic E-state index is 0.119. The standard InChI is InChI=1S/C15H13F3N2O3S/c1-24(22,23)20(14-6-5-11(17)8-13(14)18)9-15(21)19-12-4-2-3-10(16)7-12/h2-8H,9H2,1H3,(H,19,21). The van der Waals surface area contributed by atoms with Crippen LogP contribution in [0.25, 0.3) is 0 Å². The summed E-state index contributed by atoms with van der Waals surface area (Å²) in [5.74, 6) is -3.40. The molecule has 128 valence electrons. The van der Waals surface area contributed by atoms with Crippen molar-refractivity contribution in [3.63, 3.8) is 0 Å². The molecular formula is C15H13F3N2O3S. The van der Waals surface area contributed by atoms with Crippen molar-refractivity contribution in [2.24, 2.45) is 0 Å². The van der Waals surface area contributed by atoms with Crippen LogP contribution in [-0.2, 0) is 14.8 Å². The minimum atomic E-state index is -4.01. The third kappa shape index (κ3) is 4.48. The molecule has 0 radical (unpaired) electrons. The summed E-state index contributed by atoms with van der Waals surface area (Å²) in [6.07, 6.45) is 0.783. The zero-order valence-corrected chi connectivity index (χ0v) is 13.3. The Morgan fingerprint density at radius 2 is 1.75 bits per heavy atom. The monoisotopic (exact) mass is 358 g/mol. The molecule has 2 rings (SSSR count). The molecule has 0 saturated carbocycles. The molecule has 0 saturated heterocycles. The van der Waals surface area contributed by atoms with Gasteiger partial charge in [0, 0.05) is 11.8 Å². The van der Waals surface area contributed by atoms with E-state index in [1.54, 1.807) is 0 Å². The highest BCUT2D eigenvalue weighted by Gasteiger charge is 2.24. The molecule has 5 nitrogen and oxygen atoms in total. The summed E-state index contributed by atoms with van der Waals surface area (Å²) in [4.78, 5) is 12.0. The van der Waals surface area contributed by atoms with Gasteiger partial charge in [-0.2, -0.15) is 0 Å². The van der Waals surface area contributed by atoms with Crippen molar-refractivity contribution in [3.8, 4) is 0 Å². The summed E-state index contributed by atoms with van der Waals surface area (Å²) in [5, 5.41) is 2.30. The van der Waals surface area contributed by atoms with E-state index < -0.39 is 45.6 Å². The molecule has 0 aliphatic heterocycles. The zero-order chi connectivity index (χ0) is 17.9. The molecule has 0 aliphatic carbocycles. The number of hydrogen-bond donors (Lipinski definition) is 1. The second kappa shape index (κ2) is 6.91. The van der Waals surface area contributed by atoms with Crippen molar-refractivity contribution in [1.82, 2.24) is 0 Å². The van der Waals surface area contributed by atoms with E-state index in [0.29, 0.717) is 10.4 Å². The Balaban J connectivity index is 2.25. The molecule has 0 atom stereocenters. The Morgan fingerprint density at radius 3 is 2.33 bits per heavy atom. The van der Waals surface area contributed by atoms with E-state index in [9.17, 15) is 26.4 Å². The average molecular weight is 358 g/mol. The molecule has 1 N–H and O–H groups in total. The highest BCUT2D eigenvalue weighted by atomic mass is 32.2. The van der Waals surface area contributed by atoms with Gasteiger partial charge >= 0.3 is 0 Å². The number of carbonyl (C=O) groups is 1. The number of hydrogen-bond acceptors (Lipinski definition) is 3. The van der Waals surface area contributed by atoms with E-state index in [1.165, 1.54) is 18.2 Å². The number of nitrogens with one attached hydrogen (secondary N) is 1. The smallest absolute Gasteiger partial charge is 0.245 e. The molecule has 24 heavy (non-hydrogen) atoms. The van der Waals surface area contributed by atoms with Gasteiger partial charge in [-0.1, -0.05) is 6.07 Å². The number of rotatable bonds is 5. The number of carbonyl (C=O) groups excluding carboxylic acids is 1. The van der Waals surface area contributed by atoms with Crippen molar-refractivity contribution >= 4 is 27.3 Å². The number of anilines is 2. The van der Waals surface area contributed by atoms with Gasteiger partial charge in [0.05, 0.1) is 11.9 Å².